The van der Waals surface area contributed by atoms with Crippen LogP contribution in [0.2, 0.25) is 0 Å². The van der Waals surface area contributed by atoms with Gasteiger partial charge in [-0.25, -0.2) is 15.4 Å². The fourth-order valence-electron chi connectivity index (χ4n) is 1.60. The molecular formula is C12H9N3O8. The molecule has 0 fully saturated rings. The second-order valence-corrected chi connectivity index (χ2v) is 3.99. The molecule has 0 aliphatic carbocycles. The number of nitro groups is 1. The minimum absolute atomic E-state index is 0.149. The van der Waals surface area contributed by atoms with Crippen molar-refractivity contribution in [3.63, 3.8) is 0 Å². The van der Waals surface area contributed by atoms with E-state index in [9.17, 15) is 29.3 Å². The van der Waals surface area contributed by atoms with Gasteiger partial charge in [0, 0.05) is 23.8 Å². The summed E-state index contributed by atoms with van der Waals surface area (Å²) in [6.07, 6.45) is 0.149. The number of Topliss-reactive ketones (excluding diaryl/α,β-unsaturated/α-hetero) is 1. The summed E-state index contributed by atoms with van der Waals surface area (Å²) >= 11 is 0. The number of non-ortho nitro benzene ring substituents is 1. The van der Waals surface area contributed by atoms with E-state index in [1.807, 2.05) is 0 Å². The molecule has 5 N–H and O–H groups in total. The molecule has 11 nitrogen and oxygen atoms in total. The van der Waals surface area contributed by atoms with Crippen LogP contribution >= 0.6 is 0 Å². The number of ketones is 1. The largest absolute Gasteiger partial charge is 0.478 e. The van der Waals surface area contributed by atoms with Crippen LogP contribution in [0.5, 0.6) is 0 Å². The highest BCUT2D eigenvalue weighted by molar-refractivity contribution is 6.27. The summed E-state index contributed by atoms with van der Waals surface area (Å²) < 4.78 is 0. The minimum atomic E-state index is -1.84. The van der Waals surface area contributed by atoms with Crippen LogP contribution in [0.15, 0.2) is 29.8 Å². The van der Waals surface area contributed by atoms with Crippen LogP contribution in [-0.2, 0) is 9.59 Å². The van der Waals surface area contributed by atoms with Crippen LogP contribution in [0.3, 0.4) is 0 Å². The number of rotatable bonds is 6. The monoisotopic (exact) mass is 323 g/mol. The molecule has 1 amide bonds. The number of hydrazine groups is 1. The van der Waals surface area contributed by atoms with Gasteiger partial charge in [-0.3, -0.25) is 25.1 Å². The number of nitrogen functional groups attached to an aromatic ring is 1. The van der Waals surface area contributed by atoms with Crippen LogP contribution in [0, 0.1) is 10.1 Å². The highest BCUT2D eigenvalue weighted by Crippen LogP contribution is 2.21. The predicted octanol–water partition coefficient (Wildman–Crippen LogP) is -0.523. The quantitative estimate of drug-likeness (QED) is 0.0779. The average molecular weight is 323 g/mol. The molecule has 0 atom stereocenters. The zero-order valence-corrected chi connectivity index (χ0v) is 11.2. The van der Waals surface area contributed by atoms with Crippen molar-refractivity contribution in [2.75, 3.05) is 0 Å². The zero-order chi connectivity index (χ0) is 17.7. The number of carboxylic acids is 2. The van der Waals surface area contributed by atoms with Gasteiger partial charge < -0.3 is 10.2 Å². The van der Waals surface area contributed by atoms with Gasteiger partial charge in [0.1, 0.15) is 5.57 Å². The first kappa shape index (κ1) is 17.5. The molecule has 23 heavy (non-hydrogen) atoms. The summed E-state index contributed by atoms with van der Waals surface area (Å²) in [5.74, 6) is -1.02. The van der Waals surface area contributed by atoms with E-state index in [1.165, 1.54) is 0 Å². The molecule has 0 spiro atoms. The lowest BCUT2D eigenvalue weighted by atomic mass is 9.97. The number of carbonyl (C=O) groups excluding carboxylic acids is 2. The molecule has 120 valence electrons. The molecule has 0 aromatic heterocycles. The van der Waals surface area contributed by atoms with E-state index in [0.29, 0.717) is 0 Å². The van der Waals surface area contributed by atoms with E-state index in [0.717, 1.165) is 18.2 Å². The van der Waals surface area contributed by atoms with Crippen LogP contribution in [-0.4, -0.2) is 38.8 Å². The van der Waals surface area contributed by atoms with E-state index in [-0.39, 0.29) is 6.08 Å². The number of nitrogens with two attached hydrogens (primary N) is 1. The lowest BCUT2D eigenvalue weighted by Crippen LogP contribution is -2.31. The third-order valence-corrected chi connectivity index (χ3v) is 2.58. The molecule has 0 aliphatic heterocycles. The van der Waals surface area contributed by atoms with Crippen molar-refractivity contribution in [3.05, 3.63) is 51.1 Å². The maximum atomic E-state index is 12.1. The number of hydrogen-bond donors (Lipinski definition) is 4. The Morgan fingerprint density at radius 2 is 1.78 bits per heavy atom. The Bertz CT molecular complexity index is 753. The average Bonchev–Trinajstić information content (AvgIpc) is 2.50. The Kier molecular flexibility index (Phi) is 5.24. The lowest BCUT2D eigenvalue weighted by Gasteiger charge is -2.07. The molecule has 11 heteroatoms. The van der Waals surface area contributed by atoms with E-state index in [2.05, 4.69) is 0 Å². The summed E-state index contributed by atoms with van der Waals surface area (Å²) in [7, 11) is 0. The van der Waals surface area contributed by atoms with Gasteiger partial charge in [-0.1, -0.05) is 0 Å². The first-order valence-electron chi connectivity index (χ1n) is 5.71. The van der Waals surface area contributed by atoms with Crippen molar-refractivity contribution in [1.82, 2.24) is 5.43 Å². The van der Waals surface area contributed by atoms with E-state index >= 15 is 0 Å². The SMILES string of the molecule is NNC(=O)c1cc([N+](=O)[O-])ccc1C(=O)/C(=C/C(=O)O)C(=O)O. The fourth-order valence-corrected chi connectivity index (χ4v) is 1.60. The Morgan fingerprint density at radius 1 is 1.17 bits per heavy atom. The Hall–Kier alpha value is -3.60. The van der Waals surface area contributed by atoms with Gasteiger partial charge in [0.25, 0.3) is 11.6 Å². The molecule has 0 saturated carbocycles. The summed E-state index contributed by atoms with van der Waals surface area (Å²) in [4.78, 5) is 55.2. The van der Waals surface area contributed by atoms with Gasteiger partial charge in [0.05, 0.1) is 10.5 Å². The number of amides is 1. The van der Waals surface area contributed by atoms with Crippen molar-refractivity contribution in [1.29, 1.82) is 0 Å². The van der Waals surface area contributed by atoms with Crippen molar-refractivity contribution in [2.24, 2.45) is 5.84 Å². The second-order valence-electron chi connectivity index (χ2n) is 3.99. The molecule has 0 heterocycles. The van der Waals surface area contributed by atoms with Crippen molar-refractivity contribution in [2.45, 2.75) is 0 Å². The number of nitrogens with one attached hydrogen (secondary N) is 1. The number of aliphatic carboxylic acids is 2. The fraction of sp³-hybridized carbons (Fsp3) is 0. The normalized spacial score (nSPS) is 10.7. The smallest absolute Gasteiger partial charge is 0.339 e. The lowest BCUT2D eigenvalue weighted by molar-refractivity contribution is -0.384. The molecule has 0 aliphatic rings. The van der Waals surface area contributed by atoms with Crippen molar-refractivity contribution < 1.29 is 34.3 Å². The third kappa shape index (κ3) is 3.95. The minimum Gasteiger partial charge on any atom is -0.478 e. The van der Waals surface area contributed by atoms with Gasteiger partial charge >= 0.3 is 11.9 Å². The van der Waals surface area contributed by atoms with Gasteiger partial charge in [-0.05, 0) is 6.07 Å². The Labute approximate surface area is 127 Å². The first-order chi connectivity index (χ1) is 10.7. The van der Waals surface area contributed by atoms with Crippen molar-refractivity contribution in [3.8, 4) is 0 Å². The second kappa shape index (κ2) is 6.91. The number of nitro benzene ring substituents is 1. The maximum absolute atomic E-state index is 12.1. The molecule has 0 bridgehead atoms. The van der Waals surface area contributed by atoms with E-state index in [1.54, 1.807) is 5.43 Å². The molecule has 0 unspecified atom stereocenters. The van der Waals surface area contributed by atoms with E-state index < -0.39 is 50.9 Å². The summed E-state index contributed by atoms with van der Waals surface area (Å²) in [5.41, 5.74) is -1.13. The molecule has 1 aromatic rings. The van der Waals surface area contributed by atoms with Gasteiger partial charge in [0.15, 0.2) is 0 Å². The van der Waals surface area contributed by atoms with Crippen LogP contribution < -0.4 is 11.3 Å². The van der Waals surface area contributed by atoms with Gasteiger partial charge in [-0.15, -0.1) is 0 Å². The Morgan fingerprint density at radius 3 is 2.22 bits per heavy atom. The first-order valence-corrected chi connectivity index (χ1v) is 5.71. The third-order valence-electron chi connectivity index (χ3n) is 2.58. The molecular weight excluding hydrogens is 314 g/mol. The van der Waals surface area contributed by atoms with Gasteiger partial charge in [0.2, 0.25) is 5.78 Å². The number of hydrogen-bond acceptors (Lipinski definition) is 7. The number of carbonyl (C=O) groups is 4. The highest BCUT2D eigenvalue weighted by Gasteiger charge is 2.26. The Balaban J connectivity index is 3.54. The van der Waals surface area contributed by atoms with Crippen LogP contribution in [0.4, 0.5) is 5.69 Å². The number of nitrogens with zero attached hydrogens (tertiary/aromatic N) is 1. The van der Waals surface area contributed by atoms with E-state index in [4.69, 9.17) is 16.1 Å². The standard InChI is InChI=1S/C12H9N3O8/c13-14-11(19)7-3-5(15(22)23)1-2-6(7)10(18)8(12(20)21)4-9(16)17/h1-4H,13H2,(H,14,19)(H,16,17)(H,20,21)/b8-4-. The van der Waals surface area contributed by atoms with Crippen LogP contribution in [0.1, 0.15) is 20.7 Å². The summed E-state index contributed by atoms with van der Waals surface area (Å²) in [6.45, 7) is 0. The predicted molar refractivity (Wildman–Crippen MR) is 72.4 cm³/mol. The van der Waals surface area contributed by atoms with Crippen LogP contribution in [0.25, 0.3) is 0 Å². The molecule has 1 rings (SSSR count). The molecule has 1 aromatic carbocycles. The summed E-state index contributed by atoms with van der Waals surface area (Å²) in [6, 6.07) is 2.42. The van der Waals surface area contributed by atoms with Gasteiger partial charge in [-0.2, -0.15) is 0 Å². The maximum Gasteiger partial charge on any atom is 0.339 e. The van der Waals surface area contributed by atoms with Crippen molar-refractivity contribution >= 4 is 29.3 Å². The zero-order valence-electron chi connectivity index (χ0n) is 11.2. The molecule has 0 radical (unpaired) electrons. The number of benzene rings is 1. The number of carboxylic acid groups (broad SMARTS) is 2. The molecule has 0 saturated heterocycles. The summed E-state index contributed by atoms with van der Waals surface area (Å²) in [5, 5.41) is 28.2. The topological polar surface area (TPSA) is 190 Å². The highest BCUT2D eigenvalue weighted by atomic mass is 16.6.